The number of hydrogen-bond acceptors (Lipinski definition) is 2. The maximum atomic E-state index is 12.1. The molecular weight excluding hydrogens is 271 g/mol. The molecule has 1 aromatic carbocycles. The minimum Gasteiger partial charge on any atom is -0.396 e. The van der Waals surface area contributed by atoms with Crippen LogP contribution < -0.4 is 11.1 Å². The molecule has 2 atom stereocenters. The molecule has 1 saturated carbocycles. The molecular formula is C13H16Cl2N2O. The zero-order chi connectivity index (χ0) is 13.3. The van der Waals surface area contributed by atoms with Crippen molar-refractivity contribution in [3.63, 3.8) is 0 Å². The number of amides is 1. The zero-order valence-electron chi connectivity index (χ0n) is 10.2. The molecule has 0 spiro atoms. The Morgan fingerprint density at radius 1 is 1.33 bits per heavy atom. The monoisotopic (exact) mass is 286 g/mol. The lowest BCUT2D eigenvalue weighted by atomic mass is 10.1. The first-order valence-electron chi connectivity index (χ1n) is 6.02. The summed E-state index contributed by atoms with van der Waals surface area (Å²) < 4.78 is 0. The molecule has 0 aromatic heterocycles. The summed E-state index contributed by atoms with van der Waals surface area (Å²) in [5.41, 5.74) is 6.40. The van der Waals surface area contributed by atoms with Crippen LogP contribution in [0.15, 0.2) is 12.1 Å². The van der Waals surface area contributed by atoms with Crippen LogP contribution in [-0.4, -0.2) is 11.9 Å². The minimum absolute atomic E-state index is 0.141. The molecule has 1 amide bonds. The second-order valence-corrected chi connectivity index (χ2v) is 5.76. The van der Waals surface area contributed by atoms with Gasteiger partial charge in [0.2, 0.25) is 0 Å². The van der Waals surface area contributed by atoms with E-state index in [1.807, 2.05) is 0 Å². The Hall–Kier alpha value is -0.930. The van der Waals surface area contributed by atoms with E-state index in [9.17, 15) is 4.79 Å². The highest BCUT2D eigenvalue weighted by molar-refractivity contribution is 6.39. The van der Waals surface area contributed by atoms with Crippen molar-refractivity contribution in [3.8, 4) is 0 Å². The quantitative estimate of drug-likeness (QED) is 0.818. The van der Waals surface area contributed by atoms with Gasteiger partial charge >= 0.3 is 0 Å². The minimum atomic E-state index is -0.141. The van der Waals surface area contributed by atoms with Crippen LogP contribution in [-0.2, 0) is 0 Å². The van der Waals surface area contributed by atoms with Crippen molar-refractivity contribution < 1.29 is 4.79 Å². The third-order valence-electron chi connectivity index (χ3n) is 3.37. The van der Waals surface area contributed by atoms with Crippen LogP contribution in [0.5, 0.6) is 0 Å². The summed E-state index contributed by atoms with van der Waals surface area (Å²) in [5.74, 6) is 0.534. The third kappa shape index (κ3) is 2.90. The van der Waals surface area contributed by atoms with Gasteiger partial charge in [-0.3, -0.25) is 4.79 Å². The topological polar surface area (TPSA) is 55.1 Å². The van der Waals surface area contributed by atoms with E-state index in [4.69, 9.17) is 28.9 Å². The molecule has 5 heteroatoms. The molecule has 0 bridgehead atoms. The Morgan fingerprint density at radius 3 is 2.44 bits per heavy atom. The van der Waals surface area contributed by atoms with Crippen molar-refractivity contribution in [1.82, 2.24) is 5.32 Å². The first-order chi connectivity index (χ1) is 8.47. The predicted octanol–water partition coefficient (Wildman–Crippen LogP) is 3.49. The summed E-state index contributed by atoms with van der Waals surface area (Å²) in [5, 5.41) is 3.63. The molecule has 0 radical (unpaired) electrons. The number of hydrogen-bond donors (Lipinski definition) is 2. The van der Waals surface area contributed by atoms with Gasteiger partial charge in [0.15, 0.2) is 0 Å². The maximum absolute atomic E-state index is 12.1. The van der Waals surface area contributed by atoms with Crippen molar-refractivity contribution in [2.45, 2.75) is 32.2 Å². The number of rotatable bonds is 2. The van der Waals surface area contributed by atoms with Crippen LogP contribution >= 0.6 is 23.2 Å². The highest BCUT2D eigenvalue weighted by Crippen LogP contribution is 2.29. The average Bonchev–Trinajstić information content (AvgIpc) is 2.71. The summed E-state index contributed by atoms with van der Waals surface area (Å²) in [6.07, 6.45) is 3.22. The Kier molecular flexibility index (Phi) is 4.03. The lowest BCUT2D eigenvalue weighted by molar-refractivity contribution is 0.0937. The van der Waals surface area contributed by atoms with Crippen LogP contribution in [0.3, 0.4) is 0 Å². The van der Waals surface area contributed by atoms with Gasteiger partial charge < -0.3 is 11.1 Å². The summed E-state index contributed by atoms with van der Waals surface area (Å²) in [6, 6.07) is 3.36. The Labute approximate surface area is 117 Å². The van der Waals surface area contributed by atoms with Crippen molar-refractivity contribution in [2.24, 2.45) is 5.92 Å². The SMILES string of the molecule is CC1CCC(NC(=O)c2cc(Cl)c(N)c(Cl)c2)C1. The molecule has 1 aromatic rings. The van der Waals surface area contributed by atoms with E-state index in [0.29, 0.717) is 27.2 Å². The van der Waals surface area contributed by atoms with Crippen LogP contribution in [0, 0.1) is 5.92 Å². The van der Waals surface area contributed by atoms with E-state index in [-0.39, 0.29) is 11.9 Å². The summed E-state index contributed by atoms with van der Waals surface area (Å²) >= 11 is 11.8. The van der Waals surface area contributed by atoms with Crippen molar-refractivity contribution in [1.29, 1.82) is 0 Å². The normalized spacial score (nSPS) is 23.1. The van der Waals surface area contributed by atoms with E-state index in [1.165, 1.54) is 0 Å². The van der Waals surface area contributed by atoms with Gasteiger partial charge in [-0.2, -0.15) is 0 Å². The zero-order valence-corrected chi connectivity index (χ0v) is 11.7. The number of carbonyl (C=O) groups is 1. The molecule has 18 heavy (non-hydrogen) atoms. The molecule has 0 aliphatic heterocycles. The Balaban J connectivity index is 2.09. The number of halogens is 2. The Bertz CT molecular complexity index is 453. The van der Waals surface area contributed by atoms with E-state index >= 15 is 0 Å². The van der Waals surface area contributed by atoms with Gasteiger partial charge in [0, 0.05) is 11.6 Å². The third-order valence-corrected chi connectivity index (χ3v) is 4.00. The second kappa shape index (κ2) is 5.37. The lowest BCUT2D eigenvalue weighted by Crippen LogP contribution is -2.32. The van der Waals surface area contributed by atoms with Gasteiger partial charge in [0.05, 0.1) is 15.7 Å². The molecule has 2 rings (SSSR count). The van der Waals surface area contributed by atoms with Crippen LogP contribution in [0.1, 0.15) is 36.5 Å². The van der Waals surface area contributed by atoms with Crippen molar-refractivity contribution in [2.75, 3.05) is 5.73 Å². The maximum Gasteiger partial charge on any atom is 0.251 e. The molecule has 0 heterocycles. The smallest absolute Gasteiger partial charge is 0.251 e. The first kappa shape index (κ1) is 13.5. The molecule has 1 aliphatic carbocycles. The molecule has 3 N–H and O–H groups in total. The van der Waals surface area contributed by atoms with E-state index in [0.717, 1.165) is 19.3 Å². The highest BCUT2D eigenvalue weighted by Gasteiger charge is 2.23. The van der Waals surface area contributed by atoms with Gasteiger partial charge in [-0.1, -0.05) is 30.1 Å². The number of nitrogen functional groups attached to an aromatic ring is 1. The number of nitrogens with one attached hydrogen (secondary N) is 1. The molecule has 3 nitrogen and oxygen atoms in total. The fraction of sp³-hybridized carbons (Fsp3) is 0.462. The van der Waals surface area contributed by atoms with E-state index < -0.39 is 0 Å². The van der Waals surface area contributed by atoms with Gasteiger partial charge in [0.1, 0.15) is 0 Å². The van der Waals surface area contributed by atoms with Crippen LogP contribution in [0.2, 0.25) is 10.0 Å². The predicted molar refractivity (Wildman–Crippen MR) is 75.1 cm³/mol. The molecule has 98 valence electrons. The summed E-state index contributed by atoms with van der Waals surface area (Å²) in [4.78, 5) is 12.1. The molecule has 2 unspecified atom stereocenters. The average molecular weight is 287 g/mol. The van der Waals surface area contributed by atoms with Crippen molar-refractivity contribution in [3.05, 3.63) is 27.7 Å². The van der Waals surface area contributed by atoms with E-state index in [2.05, 4.69) is 12.2 Å². The number of carbonyl (C=O) groups excluding carboxylic acids is 1. The van der Waals surface area contributed by atoms with Gasteiger partial charge in [0.25, 0.3) is 5.91 Å². The molecule has 0 saturated heterocycles. The number of nitrogens with two attached hydrogens (primary N) is 1. The summed E-state index contributed by atoms with van der Waals surface area (Å²) in [6.45, 7) is 2.20. The van der Waals surface area contributed by atoms with Crippen LogP contribution in [0.25, 0.3) is 0 Å². The van der Waals surface area contributed by atoms with Gasteiger partial charge in [-0.25, -0.2) is 0 Å². The lowest BCUT2D eigenvalue weighted by Gasteiger charge is -2.13. The second-order valence-electron chi connectivity index (χ2n) is 4.94. The molecule has 1 fully saturated rings. The van der Waals surface area contributed by atoms with Crippen LogP contribution in [0.4, 0.5) is 5.69 Å². The summed E-state index contributed by atoms with van der Waals surface area (Å²) in [7, 11) is 0. The highest BCUT2D eigenvalue weighted by atomic mass is 35.5. The Morgan fingerprint density at radius 2 is 1.94 bits per heavy atom. The fourth-order valence-electron chi connectivity index (χ4n) is 2.32. The van der Waals surface area contributed by atoms with Gasteiger partial charge in [-0.05, 0) is 37.3 Å². The number of benzene rings is 1. The van der Waals surface area contributed by atoms with Gasteiger partial charge in [-0.15, -0.1) is 0 Å². The fourth-order valence-corrected chi connectivity index (χ4v) is 2.81. The van der Waals surface area contributed by atoms with E-state index in [1.54, 1.807) is 12.1 Å². The standard InChI is InChI=1S/C13H16Cl2N2O/c1-7-2-3-9(4-7)17-13(18)8-5-10(14)12(16)11(15)6-8/h5-7,9H,2-4,16H2,1H3,(H,17,18). The first-order valence-corrected chi connectivity index (χ1v) is 6.78. The largest absolute Gasteiger partial charge is 0.396 e. The van der Waals surface area contributed by atoms with Crippen molar-refractivity contribution >= 4 is 34.8 Å². The molecule has 1 aliphatic rings. The number of anilines is 1.